The molecule has 0 spiro atoms. The summed E-state index contributed by atoms with van der Waals surface area (Å²) in [5, 5.41) is 8.82. The molecular weight excluding hydrogens is 242 g/mol. The van der Waals surface area contributed by atoms with Gasteiger partial charge in [-0.25, -0.2) is 0 Å². The largest absolute Gasteiger partial charge is 0.491 e. The lowest BCUT2D eigenvalue weighted by Crippen LogP contribution is -2.29. The number of ketones is 1. The van der Waals surface area contributed by atoms with Crippen LogP contribution in [0.5, 0.6) is 5.75 Å². The molecule has 0 amide bonds. The van der Waals surface area contributed by atoms with Crippen molar-refractivity contribution >= 4 is 5.78 Å². The summed E-state index contributed by atoms with van der Waals surface area (Å²) in [5.74, 6) is 0.663. The van der Waals surface area contributed by atoms with E-state index in [0.717, 1.165) is 26.1 Å². The van der Waals surface area contributed by atoms with Gasteiger partial charge in [0.15, 0.2) is 5.78 Å². The maximum atomic E-state index is 11.4. The number of benzene rings is 1. The third kappa shape index (κ3) is 5.41. The number of carbonyl (C=O) groups is 1. The molecule has 4 heteroatoms. The van der Waals surface area contributed by atoms with Gasteiger partial charge < -0.3 is 14.7 Å². The van der Waals surface area contributed by atoms with Crippen molar-refractivity contribution < 1.29 is 14.6 Å². The number of aliphatic hydroxyl groups is 1. The van der Waals surface area contributed by atoms with Crippen molar-refractivity contribution in [2.24, 2.45) is 0 Å². The number of hydrogen-bond donors (Lipinski definition) is 1. The SMILES string of the molecule is CCN(CCCO)CCOc1ccccc1C(C)=O. The molecule has 0 atom stereocenters. The molecule has 0 heterocycles. The summed E-state index contributed by atoms with van der Waals surface area (Å²) in [6, 6.07) is 7.30. The van der Waals surface area contributed by atoms with Crippen LogP contribution in [-0.4, -0.2) is 48.6 Å². The van der Waals surface area contributed by atoms with E-state index in [1.54, 1.807) is 13.0 Å². The highest BCUT2D eigenvalue weighted by molar-refractivity contribution is 5.96. The molecule has 0 aliphatic heterocycles. The lowest BCUT2D eigenvalue weighted by molar-refractivity contribution is 0.101. The zero-order chi connectivity index (χ0) is 14.1. The van der Waals surface area contributed by atoms with E-state index >= 15 is 0 Å². The van der Waals surface area contributed by atoms with E-state index in [-0.39, 0.29) is 12.4 Å². The lowest BCUT2D eigenvalue weighted by atomic mass is 10.1. The number of nitrogens with zero attached hydrogens (tertiary/aromatic N) is 1. The second-order valence-electron chi connectivity index (χ2n) is 4.41. The minimum atomic E-state index is 0.0169. The average Bonchev–Trinajstić information content (AvgIpc) is 2.43. The highest BCUT2D eigenvalue weighted by Crippen LogP contribution is 2.18. The average molecular weight is 265 g/mol. The fraction of sp³-hybridized carbons (Fsp3) is 0.533. The Morgan fingerprint density at radius 2 is 2.05 bits per heavy atom. The molecular formula is C15H23NO3. The summed E-state index contributed by atoms with van der Waals surface area (Å²) in [6.45, 7) is 6.97. The fourth-order valence-electron chi connectivity index (χ4n) is 1.89. The summed E-state index contributed by atoms with van der Waals surface area (Å²) in [4.78, 5) is 13.7. The van der Waals surface area contributed by atoms with Crippen molar-refractivity contribution in [1.82, 2.24) is 4.90 Å². The van der Waals surface area contributed by atoms with Gasteiger partial charge in [0.05, 0.1) is 5.56 Å². The third-order valence-corrected chi connectivity index (χ3v) is 3.01. The van der Waals surface area contributed by atoms with Crippen LogP contribution in [0.4, 0.5) is 0 Å². The monoisotopic (exact) mass is 265 g/mol. The van der Waals surface area contributed by atoms with Gasteiger partial charge >= 0.3 is 0 Å². The number of carbonyl (C=O) groups excluding carboxylic acids is 1. The number of likely N-dealkylation sites (N-methyl/N-ethyl adjacent to an activating group) is 1. The van der Waals surface area contributed by atoms with Gasteiger partial charge in [-0.15, -0.1) is 0 Å². The molecule has 106 valence electrons. The Bertz CT molecular complexity index is 393. The van der Waals surface area contributed by atoms with E-state index < -0.39 is 0 Å². The molecule has 0 aliphatic rings. The molecule has 0 unspecified atom stereocenters. The second kappa shape index (κ2) is 8.67. The highest BCUT2D eigenvalue weighted by atomic mass is 16.5. The first-order chi connectivity index (χ1) is 9.19. The lowest BCUT2D eigenvalue weighted by Gasteiger charge is -2.20. The number of rotatable bonds is 9. The Labute approximate surface area is 115 Å². The van der Waals surface area contributed by atoms with Gasteiger partial charge in [0, 0.05) is 19.7 Å². The van der Waals surface area contributed by atoms with Gasteiger partial charge in [0.2, 0.25) is 0 Å². The zero-order valence-corrected chi connectivity index (χ0v) is 11.8. The van der Waals surface area contributed by atoms with Crippen LogP contribution in [0, 0.1) is 0 Å². The van der Waals surface area contributed by atoms with Crippen molar-refractivity contribution in [2.45, 2.75) is 20.3 Å². The van der Waals surface area contributed by atoms with Gasteiger partial charge in [-0.3, -0.25) is 4.79 Å². The van der Waals surface area contributed by atoms with Gasteiger partial charge in [-0.05, 0) is 32.0 Å². The standard InChI is InChI=1S/C15H23NO3/c1-3-16(9-6-11-17)10-12-19-15-8-5-4-7-14(15)13(2)18/h4-5,7-8,17H,3,6,9-12H2,1-2H3. The summed E-state index contributed by atoms with van der Waals surface area (Å²) in [7, 11) is 0. The van der Waals surface area contributed by atoms with Crippen molar-refractivity contribution in [2.75, 3.05) is 32.8 Å². The first kappa shape index (κ1) is 15.7. The highest BCUT2D eigenvalue weighted by Gasteiger charge is 2.08. The molecule has 0 aliphatic carbocycles. The smallest absolute Gasteiger partial charge is 0.163 e. The Kier molecular flexibility index (Phi) is 7.15. The Hall–Kier alpha value is -1.39. The molecule has 1 aromatic carbocycles. The number of para-hydroxylation sites is 1. The third-order valence-electron chi connectivity index (χ3n) is 3.01. The van der Waals surface area contributed by atoms with Crippen LogP contribution in [0.1, 0.15) is 30.6 Å². The summed E-state index contributed by atoms with van der Waals surface area (Å²) in [5.41, 5.74) is 0.626. The topological polar surface area (TPSA) is 49.8 Å². The van der Waals surface area contributed by atoms with Gasteiger partial charge in [0.1, 0.15) is 12.4 Å². The maximum Gasteiger partial charge on any atom is 0.163 e. The minimum absolute atomic E-state index is 0.0169. The first-order valence-electron chi connectivity index (χ1n) is 6.75. The van der Waals surface area contributed by atoms with Crippen LogP contribution in [-0.2, 0) is 0 Å². The Balaban J connectivity index is 2.46. The van der Waals surface area contributed by atoms with E-state index in [4.69, 9.17) is 9.84 Å². The molecule has 4 nitrogen and oxygen atoms in total. The van der Waals surface area contributed by atoms with Gasteiger partial charge in [-0.1, -0.05) is 19.1 Å². The van der Waals surface area contributed by atoms with Crippen LogP contribution >= 0.6 is 0 Å². The van der Waals surface area contributed by atoms with Crippen LogP contribution in [0.2, 0.25) is 0 Å². The van der Waals surface area contributed by atoms with Gasteiger partial charge in [0.25, 0.3) is 0 Å². The van der Waals surface area contributed by atoms with Crippen molar-refractivity contribution in [3.8, 4) is 5.75 Å². The molecule has 0 radical (unpaired) electrons. The zero-order valence-electron chi connectivity index (χ0n) is 11.8. The minimum Gasteiger partial charge on any atom is -0.491 e. The molecule has 0 fully saturated rings. The van der Waals surface area contributed by atoms with Crippen molar-refractivity contribution in [3.05, 3.63) is 29.8 Å². The molecule has 0 aromatic heterocycles. The number of ether oxygens (including phenoxy) is 1. The normalized spacial score (nSPS) is 10.7. The Morgan fingerprint density at radius 3 is 2.68 bits per heavy atom. The van der Waals surface area contributed by atoms with Crippen LogP contribution in [0.15, 0.2) is 24.3 Å². The first-order valence-corrected chi connectivity index (χ1v) is 6.75. The van der Waals surface area contributed by atoms with E-state index in [9.17, 15) is 4.79 Å². The fourth-order valence-corrected chi connectivity index (χ4v) is 1.89. The predicted octanol–water partition coefficient (Wildman–Crippen LogP) is 1.97. The second-order valence-corrected chi connectivity index (χ2v) is 4.41. The molecule has 1 rings (SSSR count). The van der Waals surface area contributed by atoms with Gasteiger partial charge in [-0.2, -0.15) is 0 Å². The van der Waals surface area contributed by atoms with Crippen LogP contribution in [0.25, 0.3) is 0 Å². The molecule has 0 bridgehead atoms. The molecule has 1 N–H and O–H groups in total. The number of Topliss-reactive ketones (excluding diaryl/α,β-unsaturated/α-hetero) is 1. The van der Waals surface area contributed by atoms with E-state index in [0.29, 0.717) is 17.9 Å². The van der Waals surface area contributed by atoms with Crippen LogP contribution in [0.3, 0.4) is 0 Å². The van der Waals surface area contributed by atoms with Crippen LogP contribution < -0.4 is 4.74 Å². The van der Waals surface area contributed by atoms with E-state index in [1.165, 1.54) is 0 Å². The van der Waals surface area contributed by atoms with E-state index in [2.05, 4.69) is 11.8 Å². The summed E-state index contributed by atoms with van der Waals surface area (Å²) >= 11 is 0. The van der Waals surface area contributed by atoms with E-state index in [1.807, 2.05) is 18.2 Å². The molecule has 0 saturated carbocycles. The predicted molar refractivity (Wildman–Crippen MR) is 75.8 cm³/mol. The van der Waals surface area contributed by atoms with Crippen molar-refractivity contribution in [3.63, 3.8) is 0 Å². The maximum absolute atomic E-state index is 11.4. The molecule has 19 heavy (non-hydrogen) atoms. The molecule has 1 aromatic rings. The summed E-state index contributed by atoms with van der Waals surface area (Å²) < 4.78 is 5.69. The quantitative estimate of drug-likeness (QED) is 0.694. The summed E-state index contributed by atoms with van der Waals surface area (Å²) in [6.07, 6.45) is 0.776. The molecule has 0 saturated heterocycles. The number of aliphatic hydroxyl groups excluding tert-OH is 1. The number of hydrogen-bond acceptors (Lipinski definition) is 4. The van der Waals surface area contributed by atoms with Crippen molar-refractivity contribution in [1.29, 1.82) is 0 Å². The Morgan fingerprint density at radius 1 is 1.32 bits per heavy atom.